The molecule has 0 heterocycles. The number of para-hydroxylation sites is 2. The molecule has 2 aromatic rings. The fourth-order valence-corrected chi connectivity index (χ4v) is 4.45. The number of nitrogens with zero attached hydrogens (tertiary/aromatic N) is 1. The lowest BCUT2D eigenvalue weighted by Gasteiger charge is -2.22. The predicted octanol–water partition coefficient (Wildman–Crippen LogP) is 3.53. The van der Waals surface area contributed by atoms with Crippen molar-refractivity contribution >= 4 is 33.2 Å². The minimum atomic E-state index is -4.07. The Labute approximate surface area is 162 Å². The maximum Gasteiger partial charge on any atom is 0.245 e. The van der Waals surface area contributed by atoms with E-state index in [4.69, 9.17) is 16.3 Å². The molecule has 2 aromatic carbocycles. The number of sulfonamides is 1. The Kier molecular flexibility index (Phi) is 7.18. The Bertz CT molecular complexity index is 921. The van der Waals surface area contributed by atoms with Gasteiger partial charge in [0.1, 0.15) is 16.5 Å². The molecule has 0 aliphatic rings. The Morgan fingerprint density at radius 2 is 1.96 bits per heavy atom. The SMILES string of the molecule is CCCN(CC(=O)Nc1ccccc1OC)S(=O)(=O)c1ccc(F)cc1Cl. The summed E-state index contributed by atoms with van der Waals surface area (Å²) in [6, 6.07) is 9.82. The second kappa shape index (κ2) is 9.16. The third-order valence-electron chi connectivity index (χ3n) is 3.69. The van der Waals surface area contributed by atoms with Gasteiger partial charge in [0.2, 0.25) is 15.9 Å². The van der Waals surface area contributed by atoms with Crippen LogP contribution in [0.3, 0.4) is 0 Å². The Morgan fingerprint density at radius 1 is 1.26 bits per heavy atom. The summed E-state index contributed by atoms with van der Waals surface area (Å²) in [7, 11) is -2.60. The number of halogens is 2. The van der Waals surface area contributed by atoms with Gasteiger partial charge in [-0.1, -0.05) is 30.7 Å². The zero-order valence-corrected chi connectivity index (χ0v) is 16.5. The Balaban J connectivity index is 2.24. The summed E-state index contributed by atoms with van der Waals surface area (Å²) in [5, 5.41) is 2.40. The van der Waals surface area contributed by atoms with Gasteiger partial charge >= 0.3 is 0 Å². The first kappa shape index (κ1) is 21.1. The van der Waals surface area contributed by atoms with Crippen molar-refractivity contribution in [2.45, 2.75) is 18.2 Å². The monoisotopic (exact) mass is 414 g/mol. The van der Waals surface area contributed by atoms with E-state index in [0.717, 1.165) is 22.5 Å². The van der Waals surface area contributed by atoms with Crippen molar-refractivity contribution in [2.24, 2.45) is 0 Å². The minimum Gasteiger partial charge on any atom is -0.495 e. The van der Waals surface area contributed by atoms with E-state index in [1.807, 2.05) is 0 Å². The first-order valence-electron chi connectivity index (χ1n) is 8.17. The van der Waals surface area contributed by atoms with E-state index in [-0.39, 0.29) is 16.5 Å². The lowest BCUT2D eigenvalue weighted by molar-refractivity contribution is -0.116. The van der Waals surface area contributed by atoms with Crippen molar-refractivity contribution in [3.63, 3.8) is 0 Å². The minimum absolute atomic E-state index is 0.107. The predicted molar refractivity (Wildman–Crippen MR) is 102 cm³/mol. The van der Waals surface area contributed by atoms with E-state index >= 15 is 0 Å². The summed E-state index contributed by atoms with van der Waals surface area (Å²) >= 11 is 5.90. The van der Waals surface area contributed by atoms with E-state index in [9.17, 15) is 17.6 Å². The van der Waals surface area contributed by atoms with Crippen molar-refractivity contribution < 1.29 is 22.3 Å². The van der Waals surface area contributed by atoms with Crippen LogP contribution >= 0.6 is 11.6 Å². The van der Waals surface area contributed by atoms with Gasteiger partial charge in [-0.2, -0.15) is 4.31 Å². The van der Waals surface area contributed by atoms with Crippen LogP contribution in [0.5, 0.6) is 5.75 Å². The van der Waals surface area contributed by atoms with Crippen molar-refractivity contribution in [3.8, 4) is 5.75 Å². The van der Waals surface area contributed by atoms with Gasteiger partial charge in [-0.15, -0.1) is 0 Å². The maximum absolute atomic E-state index is 13.2. The zero-order valence-electron chi connectivity index (χ0n) is 14.9. The number of benzene rings is 2. The molecule has 0 fully saturated rings. The van der Waals surface area contributed by atoms with E-state index in [0.29, 0.717) is 17.9 Å². The summed E-state index contributed by atoms with van der Waals surface area (Å²) in [5.74, 6) is -0.720. The second-order valence-electron chi connectivity index (χ2n) is 5.66. The van der Waals surface area contributed by atoms with Crippen LogP contribution in [0.25, 0.3) is 0 Å². The van der Waals surface area contributed by atoms with Crippen LogP contribution in [0.1, 0.15) is 13.3 Å². The average molecular weight is 415 g/mol. The quantitative estimate of drug-likeness (QED) is 0.717. The molecule has 0 aliphatic carbocycles. The number of ether oxygens (including phenoxy) is 1. The number of methoxy groups -OCH3 is 1. The standard InChI is InChI=1S/C18H20ClFN2O4S/c1-3-10-22(27(24,25)17-9-8-13(20)11-14(17)19)12-18(23)21-15-6-4-5-7-16(15)26-2/h4-9,11H,3,10,12H2,1-2H3,(H,21,23). The van der Waals surface area contributed by atoms with Crippen molar-refractivity contribution in [1.82, 2.24) is 4.31 Å². The third-order valence-corrected chi connectivity index (χ3v) is 6.01. The fourth-order valence-electron chi connectivity index (χ4n) is 2.45. The van der Waals surface area contributed by atoms with E-state index in [1.54, 1.807) is 31.2 Å². The van der Waals surface area contributed by atoms with Crippen LogP contribution in [0, 0.1) is 5.82 Å². The number of hydrogen-bond donors (Lipinski definition) is 1. The summed E-state index contributed by atoms with van der Waals surface area (Å²) in [4.78, 5) is 12.2. The fraction of sp³-hybridized carbons (Fsp3) is 0.278. The van der Waals surface area contributed by atoms with Gasteiger partial charge in [0, 0.05) is 6.54 Å². The molecule has 2 rings (SSSR count). The van der Waals surface area contributed by atoms with Gasteiger partial charge < -0.3 is 10.1 Å². The van der Waals surface area contributed by atoms with Crippen LogP contribution in [0.2, 0.25) is 5.02 Å². The summed E-state index contributed by atoms with van der Waals surface area (Å²) < 4.78 is 45.2. The van der Waals surface area contributed by atoms with Gasteiger partial charge in [-0.3, -0.25) is 4.79 Å². The third kappa shape index (κ3) is 5.18. The summed E-state index contributed by atoms with van der Waals surface area (Å²) in [6.07, 6.45) is 0.486. The number of carbonyl (C=O) groups is 1. The molecule has 0 spiro atoms. The number of carbonyl (C=O) groups excluding carboxylic acids is 1. The van der Waals surface area contributed by atoms with Gasteiger partial charge in [0.15, 0.2) is 0 Å². The normalized spacial score (nSPS) is 11.4. The molecule has 6 nitrogen and oxygen atoms in total. The number of hydrogen-bond acceptors (Lipinski definition) is 4. The van der Waals surface area contributed by atoms with Gasteiger partial charge in [-0.05, 0) is 36.8 Å². The molecular weight excluding hydrogens is 395 g/mol. The molecule has 0 saturated heterocycles. The topological polar surface area (TPSA) is 75.7 Å². The summed E-state index contributed by atoms with van der Waals surface area (Å²) in [6.45, 7) is 1.48. The largest absolute Gasteiger partial charge is 0.495 e. The van der Waals surface area contributed by atoms with Crippen molar-refractivity contribution in [1.29, 1.82) is 0 Å². The van der Waals surface area contributed by atoms with E-state index in [1.165, 1.54) is 7.11 Å². The highest BCUT2D eigenvalue weighted by Crippen LogP contribution is 2.26. The lowest BCUT2D eigenvalue weighted by Crippen LogP contribution is -2.38. The number of anilines is 1. The van der Waals surface area contributed by atoms with Crippen LogP contribution in [-0.2, 0) is 14.8 Å². The number of nitrogens with one attached hydrogen (secondary N) is 1. The van der Waals surface area contributed by atoms with E-state index < -0.39 is 28.3 Å². The molecule has 0 unspecified atom stereocenters. The Hall–Kier alpha value is -2.16. The molecule has 0 bridgehead atoms. The highest BCUT2D eigenvalue weighted by atomic mass is 35.5. The van der Waals surface area contributed by atoms with Gasteiger partial charge in [-0.25, -0.2) is 12.8 Å². The van der Waals surface area contributed by atoms with Crippen LogP contribution < -0.4 is 10.1 Å². The first-order valence-corrected chi connectivity index (χ1v) is 9.99. The first-order chi connectivity index (χ1) is 12.8. The maximum atomic E-state index is 13.2. The van der Waals surface area contributed by atoms with Crippen LogP contribution in [-0.4, -0.2) is 38.8 Å². The molecule has 1 amide bonds. The highest BCUT2D eigenvalue weighted by molar-refractivity contribution is 7.89. The number of rotatable bonds is 8. The number of amides is 1. The molecule has 27 heavy (non-hydrogen) atoms. The lowest BCUT2D eigenvalue weighted by atomic mass is 10.3. The van der Waals surface area contributed by atoms with Gasteiger partial charge in [0.05, 0.1) is 24.4 Å². The molecule has 0 aliphatic heterocycles. The van der Waals surface area contributed by atoms with Crippen LogP contribution in [0.15, 0.2) is 47.4 Å². The molecule has 0 radical (unpaired) electrons. The van der Waals surface area contributed by atoms with Crippen molar-refractivity contribution in [3.05, 3.63) is 53.3 Å². The molecule has 1 N–H and O–H groups in total. The second-order valence-corrected chi connectivity index (χ2v) is 7.98. The molecule has 0 atom stereocenters. The molecule has 9 heteroatoms. The highest BCUT2D eigenvalue weighted by Gasteiger charge is 2.28. The van der Waals surface area contributed by atoms with E-state index in [2.05, 4.69) is 5.32 Å². The molecule has 146 valence electrons. The average Bonchev–Trinajstić information content (AvgIpc) is 2.61. The summed E-state index contributed by atoms with van der Waals surface area (Å²) in [5.41, 5.74) is 0.429. The van der Waals surface area contributed by atoms with Crippen molar-refractivity contribution in [2.75, 3.05) is 25.5 Å². The smallest absolute Gasteiger partial charge is 0.245 e. The van der Waals surface area contributed by atoms with Gasteiger partial charge in [0.25, 0.3) is 0 Å². The van der Waals surface area contributed by atoms with Crippen LogP contribution in [0.4, 0.5) is 10.1 Å². The zero-order chi connectivity index (χ0) is 20.0. The Morgan fingerprint density at radius 3 is 2.59 bits per heavy atom. The molecular formula is C18H20ClFN2O4S. The molecule has 0 aromatic heterocycles. The molecule has 0 saturated carbocycles.